The molecule has 1 aliphatic heterocycles. The van der Waals surface area contributed by atoms with E-state index in [4.69, 9.17) is 4.74 Å². The highest BCUT2D eigenvalue weighted by Crippen LogP contribution is 2.68. The highest BCUT2D eigenvalue weighted by molar-refractivity contribution is 5.72. The Kier molecular flexibility index (Phi) is 3.22. The number of carbonyl (C=O) groups excluding carboxylic acids is 1. The van der Waals surface area contributed by atoms with Crippen LogP contribution in [0.15, 0.2) is 23.8 Å². The van der Waals surface area contributed by atoms with Gasteiger partial charge in [-0.25, -0.2) is 0 Å². The van der Waals surface area contributed by atoms with Crippen molar-refractivity contribution < 1.29 is 14.6 Å². The Labute approximate surface area is 150 Å². The summed E-state index contributed by atoms with van der Waals surface area (Å²) in [5.74, 6) is 1.90. The molecule has 3 nitrogen and oxygen atoms in total. The van der Waals surface area contributed by atoms with Crippen LogP contribution in [0.4, 0.5) is 0 Å². The summed E-state index contributed by atoms with van der Waals surface area (Å²) in [6, 6.07) is 0. The molecule has 0 amide bonds. The normalized spacial score (nSPS) is 53.9. The number of carbonyl (C=O) groups is 1. The molecule has 3 heteroatoms. The number of fused-ring (bicyclic) bond motifs is 6. The van der Waals surface area contributed by atoms with E-state index in [2.05, 4.69) is 32.1 Å². The van der Waals surface area contributed by atoms with Crippen LogP contribution < -0.4 is 0 Å². The van der Waals surface area contributed by atoms with E-state index < -0.39 is 0 Å². The van der Waals surface area contributed by atoms with Gasteiger partial charge in [0.15, 0.2) is 0 Å². The summed E-state index contributed by atoms with van der Waals surface area (Å²) in [5.41, 5.74) is 1.52. The quantitative estimate of drug-likeness (QED) is 0.672. The zero-order valence-corrected chi connectivity index (χ0v) is 15.5. The van der Waals surface area contributed by atoms with E-state index >= 15 is 0 Å². The van der Waals surface area contributed by atoms with Crippen molar-refractivity contribution in [2.24, 2.45) is 28.6 Å². The molecule has 0 aromatic heterocycles. The first-order valence-electron chi connectivity index (χ1n) is 10.2. The fourth-order valence-electron chi connectivity index (χ4n) is 7.44. The van der Waals surface area contributed by atoms with Crippen molar-refractivity contribution in [3.8, 4) is 0 Å². The highest BCUT2D eigenvalue weighted by atomic mass is 16.6. The van der Waals surface area contributed by atoms with E-state index in [0.29, 0.717) is 24.2 Å². The summed E-state index contributed by atoms with van der Waals surface area (Å²) in [7, 11) is 0. The van der Waals surface area contributed by atoms with E-state index in [1.165, 1.54) is 24.8 Å². The maximum Gasteiger partial charge on any atom is 0.306 e. The number of ether oxygens (including phenoxy) is 1. The van der Waals surface area contributed by atoms with Gasteiger partial charge in [0.1, 0.15) is 5.60 Å². The summed E-state index contributed by atoms with van der Waals surface area (Å²) in [6.45, 7) is 4.83. The molecule has 4 aliphatic carbocycles. The molecule has 0 aromatic rings. The lowest BCUT2D eigenvalue weighted by Gasteiger charge is -2.57. The van der Waals surface area contributed by atoms with Gasteiger partial charge in [-0.2, -0.15) is 0 Å². The monoisotopic (exact) mass is 342 g/mol. The van der Waals surface area contributed by atoms with Crippen molar-refractivity contribution in [3.05, 3.63) is 23.8 Å². The van der Waals surface area contributed by atoms with Crippen molar-refractivity contribution in [2.45, 2.75) is 76.9 Å². The van der Waals surface area contributed by atoms with Gasteiger partial charge in [0.05, 0.1) is 6.10 Å². The lowest BCUT2D eigenvalue weighted by molar-refractivity contribution is -0.165. The number of aliphatic hydroxyl groups is 1. The van der Waals surface area contributed by atoms with Gasteiger partial charge in [0, 0.05) is 11.8 Å². The Hall–Kier alpha value is -1.09. The van der Waals surface area contributed by atoms with Crippen LogP contribution in [0.5, 0.6) is 0 Å². The average Bonchev–Trinajstić information content (AvgIpc) is 3.10. The smallest absolute Gasteiger partial charge is 0.306 e. The third-order valence-corrected chi connectivity index (χ3v) is 8.97. The molecule has 1 heterocycles. The first-order chi connectivity index (χ1) is 11.9. The Morgan fingerprint density at radius 1 is 1.08 bits per heavy atom. The number of hydrogen-bond donors (Lipinski definition) is 1. The lowest BCUT2D eigenvalue weighted by Crippen LogP contribution is -2.53. The molecule has 5 rings (SSSR count). The molecule has 25 heavy (non-hydrogen) atoms. The summed E-state index contributed by atoms with van der Waals surface area (Å²) in [4.78, 5) is 11.9. The van der Waals surface area contributed by atoms with Crippen LogP contribution in [0.25, 0.3) is 0 Å². The van der Waals surface area contributed by atoms with Crippen LogP contribution in [0.3, 0.4) is 0 Å². The van der Waals surface area contributed by atoms with Crippen LogP contribution in [-0.2, 0) is 9.53 Å². The molecule has 0 bridgehead atoms. The van der Waals surface area contributed by atoms with Crippen molar-refractivity contribution >= 4 is 5.97 Å². The topological polar surface area (TPSA) is 46.5 Å². The minimum absolute atomic E-state index is 0.0154. The molecule has 7 atom stereocenters. The maximum absolute atomic E-state index is 11.9. The fourth-order valence-corrected chi connectivity index (χ4v) is 7.44. The maximum atomic E-state index is 11.9. The summed E-state index contributed by atoms with van der Waals surface area (Å²) >= 11 is 0. The minimum atomic E-state index is -0.272. The predicted molar refractivity (Wildman–Crippen MR) is 95.7 cm³/mol. The van der Waals surface area contributed by atoms with Gasteiger partial charge < -0.3 is 9.84 Å². The standard InChI is InChI=1S/C22H30O3/c1-20-9-5-15(23)13-14(20)3-4-16-17(20)6-10-21(2)18(16)7-11-22(21)12-8-19(24)25-22/h3-4,13,15-18,23H,5-12H2,1-2H3/t15?,16?,17?,18?,20-,21-,22+/m0/s1. The molecule has 2 saturated carbocycles. The second-order valence-corrected chi connectivity index (χ2v) is 9.76. The summed E-state index contributed by atoms with van der Waals surface area (Å²) in [6.07, 6.45) is 14.7. The summed E-state index contributed by atoms with van der Waals surface area (Å²) < 4.78 is 6.00. The third kappa shape index (κ3) is 1.94. The van der Waals surface area contributed by atoms with Crippen molar-refractivity contribution in [1.29, 1.82) is 0 Å². The predicted octanol–water partition coefficient (Wildman–Crippen LogP) is 4.16. The Balaban J connectivity index is 1.52. The second kappa shape index (κ2) is 5.00. The van der Waals surface area contributed by atoms with Gasteiger partial charge in [0.25, 0.3) is 0 Å². The SMILES string of the molecule is C[C@]12CCC(O)C=C1C=CC1C2CC[C@@]2(C)C1CC[C@@]21CCC(=O)O1. The number of allylic oxidation sites excluding steroid dienone is 3. The van der Waals surface area contributed by atoms with Gasteiger partial charge >= 0.3 is 5.97 Å². The van der Waals surface area contributed by atoms with Crippen molar-refractivity contribution in [3.63, 3.8) is 0 Å². The molecule has 0 radical (unpaired) electrons. The Morgan fingerprint density at radius 2 is 1.88 bits per heavy atom. The van der Waals surface area contributed by atoms with Crippen LogP contribution in [0.2, 0.25) is 0 Å². The van der Waals surface area contributed by atoms with Crippen LogP contribution in [-0.4, -0.2) is 22.8 Å². The fraction of sp³-hybridized carbons (Fsp3) is 0.773. The first kappa shape index (κ1) is 16.1. The van der Waals surface area contributed by atoms with Gasteiger partial charge in [-0.15, -0.1) is 0 Å². The van der Waals surface area contributed by atoms with Crippen molar-refractivity contribution in [2.75, 3.05) is 0 Å². The zero-order valence-electron chi connectivity index (χ0n) is 15.5. The molecular formula is C22H30O3. The molecular weight excluding hydrogens is 312 g/mol. The van der Waals surface area contributed by atoms with E-state index in [-0.39, 0.29) is 28.5 Å². The molecule has 0 aromatic carbocycles. The molecule has 5 aliphatic rings. The van der Waals surface area contributed by atoms with Gasteiger partial charge in [0.2, 0.25) is 0 Å². The van der Waals surface area contributed by atoms with E-state index in [1.807, 2.05) is 0 Å². The Bertz CT molecular complexity index is 679. The molecule has 3 fully saturated rings. The average molecular weight is 342 g/mol. The molecule has 1 spiro atoms. The van der Waals surface area contributed by atoms with Crippen LogP contribution in [0.1, 0.15) is 65.2 Å². The Morgan fingerprint density at radius 3 is 2.64 bits per heavy atom. The zero-order chi connectivity index (χ0) is 17.4. The molecule has 1 N–H and O–H groups in total. The molecule has 4 unspecified atom stereocenters. The molecule has 136 valence electrons. The third-order valence-electron chi connectivity index (χ3n) is 8.97. The van der Waals surface area contributed by atoms with E-state index in [0.717, 1.165) is 25.7 Å². The second-order valence-electron chi connectivity index (χ2n) is 9.76. The van der Waals surface area contributed by atoms with Crippen LogP contribution >= 0.6 is 0 Å². The number of hydrogen-bond acceptors (Lipinski definition) is 3. The first-order valence-corrected chi connectivity index (χ1v) is 10.2. The van der Waals surface area contributed by atoms with E-state index in [9.17, 15) is 9.90 Å². The number of rotatable bonds is 0. The van der Waals surface area contributed by atoms with E-state index in [1.54, 1.807) is 0 Å². The van der Waals surface area contributed by atoms with Gasteiger partial charge in [-0.3, -0.25) is 4.79 Å². The van der Waals surface area contributed by atoms with Crippen LogP contribution in [0, 0.1) is 28.6 Å². The highest BCUT2D eigenvalue weighted by Gasteiger charge is 2.66. The van der Waals surface area contributed by atoms with Gasteiger partial charge in [-0.1, -0.05) is 32.1 Å². The lowest BCUT2D eigenvalue weighted by atomic mass is 9.48. The van der Waals surface area contributed by atoms with Gasteiger partial charge in [-0.05, 0) is 73.7 Å². The van der Waals surface area contributed by atoms with Crippen molar-refractivity contribution in [1.82, 2.24) is 0 Å². The number of aliphatic hydroxyl groups excluding tert-OH is 1. The summed E-state index contributed by atoms with van der Waals surface area (Å²) in [5, 5.41) is 10.1. The number of esters is 1. The molecule has 1 saturated heterocycles. The largest absolute Gasteiger partial charge is 0.458 e. The minimum Gasteiger partial charge on any atom is -0.458 e.